The first-order chi connectivity index (χ1) is 3.81. The second kappa shape index (κ2) is 8.31. The van der Waals surface area contributed by atoms with Gasteiger partial charge in [0, 0.05) is 0 Å². The van der Waals surface area contributed by atoms with Crippen LogP contribution in [0.15, 0.2) is 25.3 Å². The standard InChI is InChI=1S/C7H13S.BrH/c1-4-6-8(3)7-5-2;/h4-5H,1-2,6-7H2,3H3;1H/q+1;/p-1. The minimum absolute atomic E-state index is 0. The second-order valence-corrected chi connectivity index (χ2v) is 3.92. The SMILES string of the molecule is C=CC[S+](C)CC=C.[Br-]. The van der Waals surface area contributed by atoms with Crippen molar-refractivity contribution in [1.29, 1.82) is 0 Å². The quantitative estimate of drug-likeness (QED) is 0.395. The van der Waals surface area contributed by atoms with E-state index in [4.69, 9.17) is 0 Å². The summed E-state index contributed by atoms with van der Waals surface area (Å²) in [6, 6.07) is 0. The summed E-state index contributed by atoms with van der Waals surface area (Å²) in [5.41, 5.74) is 0. The van der Waals surface area contributed by atoms with Crippen LogP contribution in [0.2, 0.25) is 0 Å². The van der Waals surface area contributed by atoms with Gasteiger partial charge in [0.05, 0.1) is 6.26 Å². The molecule has 0 unspecified atom stereocenters. The predicted molar refractivity (Wildman–Crippen MR) is 43.4 cm³/mol. The zero-order valence-electron chi connectivity index (χ0n) is 5.77. The number of hydrogen-bond acceptors (Lipinski definition) is 0. The zero-order valence-corrected chi connectivity index (χ0v) is 8.17. The van der Waals surface area contributed by atoms with Gasteiger partial charge in [-0.05, 0) is 23.0 Å². The molecule has 0 N–H and O–H groups in total. The minimum atomic E-state index is 0. The summed E-state index contributed by atoms with van der Waals surface area (Å²) in [5.74, 6) is 2.26. The topological polar surface area (TPSA) is 0 Å². The molecule has 0 heterocycles. The Bertz CT molecular complexity index is 71.0. The van der Waals surface area contributed by atoms with Gasteiger partial charge in [0.15, 0.2) is 0 Å². The monoisotopic (exact) mass is 208 g/mol. The molecule has 0 amide bonds. The first-order valence-corrected chi connectivity index (χ1v) is 4.59. The highest BCUT2D eigenvalue weighted by atomic mass is 79.9. The Labute approximate surface area is 71.2 Å². The Kier molecular flexibility index (Phi) is 11.1. The Hall–Kier alpha value is 0.310. The number of hydrogen-bond donors (Lipinski definition) is 0. The fourth-order valence-corrected chi connectivity index (χ4v) is 1.41. The van der Waals surface area contributed by atoms with E-state index in [0.29, 0.717) is 10.9 Å². The van der Waals surface area contributed by atoms with E-state index in [9.17, 15) is 0 Å². The molecule has 0 saturated carbocycles. The number of rotatable bonds is 4. The summed E-state index contributed by atoms with van der Waals surface area (Å²) in [6.45, 7) is 7.31. The van der Waals surface area contributed by atoms with Crippen molar-refractivity contribution in [3.8, 4) is 0 Å². The molecule has 0 fully saturated rings. The highest BCUT2D eigenvalue weighted by Gasteiger charge is 2.01. The van der Waals surface area contributed by atoms with Crippen LogP contribution in [0.4, 0.5) is 0 Å². The van der Waals surface area contributed by atoms with E-state index >= 15 is 0 Å². The highest BCUT2D eigenvalue weighted by Crippen LogP contribution is 1.90. The van der Waals surface area contributed by atoms with E-state index < -0.39 is 0 Å². The van der Waals surface area contributed by atoms with Gasteiger partial charge in [-0.2, -0.15) is 0 Å². The van der Waals surface area contributed by atoms with E-state index in [2.05, 4.69) is 19.4 Å². The molecule has 0 bridgehead atoms. The third kappa shape index (κ3) is 8.31. The lowest BCUT2D eigenvalue weighted by Crippen LogP contribution is -3.00. The molecule has 0 atom stereocenters. The lowest BCUT2D eigenvalue weighted by Gasteiger charge is -1.92. The van der Waals surface area contributed by atoms with E-state index in [-0.39, 0.29) is 17.0 Å². The van der Waals surface area contributed by atoms with Gasteiger partial charge in [-0.1, -0.05) is 13.2 Å². The van der Waals surface area contributed by atoms with Crippen molar-refractivity contribution >= 4 is 10.9 Å². The molecule has 2 heteroatoms. The van der Waals surface area contributed by atoms with Crippen LogP contribution in [0, 0.1) is 0 Å². The van der Waals surface area contributed by atoms with Crippen LogP contribution in [0.5, 0.6) is 0 Å². The summed E-state index contributed by atoms with van der Waals surface area (Å²) < 4.78 is 0. The molecule has 0 aliphatic heterocycles. The van der Waals surface area contributed by atoms with Gasteiger partial charge in [-0.3, -0.25) is 0 Å². The van der Waals surface area contributed by atoms with Crippen molar-refractivity contribution in [2.24, 2.45) is 0 Å². The maximum Gasteiger partial charge on any atom is 0.126 e. The predicted octanol–water partition coefficient (Wildman–Crippen LogP) is -1.39. The summed E-state index contributed by atoms with van der Waals surface area (Å²) >= 11 is 0. The highest BCUT2D eigenvalue weighted by molar-refractivity contribution is 7.96. The Balaban J connectivity index is 0. The first kappa shape index (κ1) is 12.0. The molecule has 0 spiro atoms. The van der Waals surface area contributed by atoms with Crippen molar-refractivity contribution in [2.75, 3.05) is 17.8 Å². The Morgan fingerprint density at radius 1 is 1.22 bits per heavy atom. The molecule has 0 nitrogen and oxygen atoms in total. The van der Waals surface area contributed by atoms with Crippen molar-refractivity contribution < 1.29 is 17.0 Å². The normalized spacial score (nSPS) is 8.22. The van der Waals surface area contributed by atoms with Crippen LogP contribution < -0.4 is 17.0 Å². The fourth-order valence-electron chi connectivity index (χ4n) is 0.470. The smallest absolute Gasteiger partial charge is 0.126 e. The van der Waals surface area contributed by atoms with Gasteiger partial charge in [0.1, 0.15) is 11.5 Å². The van der Waals surface area contributed by atoms with Crippen LogP contribution in [0.25, 0.3) is 0 Å². The van der Waals surface area contributed by atoms with E-state index in [0.717, 1.165) is 11.5 Å². The molecule has 54 valence electrons. The molecule has 0 aliphatic rings. The van der Waals surface area contributed by atoms with Crippen molar-refractivity contribution in [2.45, 2.75) is 0 Å². The van der Waals surface area contributed by atoms with Crippen molar-refractivity contribution in [3.05, 3.63) is 25.3 Å². The van der Waals surface area contributed by atoms with Crippen LogP contribution in [0.3, 0.4) is 0 Å². The third-order valence-electron chi connectivity index (χ3n) is 0.805. The average Bonchev–Trinajstić information content (AvgIpc) is 1.68. The Morgan fingerprint density at radius 3 is 1.78 bits per heavy atom. The van der Waals surface area contributed by atoms with Crippen molar-refractivity contribution in [1.82, 2.24) is 0 Å². The van der Waals surface area contributed by atoms with Crippen LogP contribution in [-0.2, 0) is 10.9 Å². The minimum Gasteiger partial charge on any atom is -1.00 e. The average molecular weight is 209 g/mol. The summed E-state index contributed by atoms with van der Waals surface area (Å²) in [7, 11) is 0.494. The van der Waals surface area contributed by atoms with E-state index in [1.165, 1.54) is 0 Å². The lowest BCUT2D eigenvalue weighted by atomic mass is 10.8. The molecule has 0 aromatic heterocycles. The molecular formula is C7H13BrS. The summed E-state index contributed by atoms with van der Waals surface area (Å²) in [5, 5.41) is 0. The molecule has 0 radical (unpaired) electrons. The second-order valence-electron chi connectivity index (χ2n) is 1.69. The van der Waals surface area contributed by atoms with E-state index in [1.807, 2.05) is 12.2 Å². The Morgan fingerprint density at radius 2 is 1.56 bits per heavy atom. The molecule has 9 heavy (non-hydrogen) atoms. The lowest BCUT2D eigenvalue weighted by molar-refractivity contribution is -0.00000178. The maximum atomic E-state index is 3.66. The maximum absolute atomic E-state index is 3.66. The zero-order chi connectivity index (χ0) is 6.41. The van der Waals surface area contributed by atoms with Gasteiger partial charge >= 0.3 is 0 Å². The molecule has 0 aliphatic carbocycles. The molecule has 0 rings (SSSR count). The van der Waals surface area contributed by atoms with Gasteiger partial charge in [-0.15, -0.1) is 0 Å². The van der Waals surface area contributed by atoms with Crippen molar-refractivity contribution in [3.63, 3.8) is 0 Å². The van der Waals surface area contributed by atoms with Crippen LogP contribution in [0.1, 0.15) is 0 Å². The molecule has 0 saturated heterocycles. The summed E-state index contributed by atoms with van der Waals surface area (Å²) in [6.07, 6.45) is 6.16. The van der Waals surface area contributed by atoms with E-state index in [1.54, 1.807) is 0 Å². The van der Waals surface area contributed by atoms with Gasteiger partial charge in [-0.25, -0.2) is 0 Å². The first-order valence-electron chi connectivity index (χ1n) is 2.62. The largest absolute Gasteiger partial charge is 1.00 e. The third-order valence-corrected chi connectivity index (χ3v) is 2.41. The molecule has 0 aromatic carbocycles. The van der Waals surface area contributed by atoms with Gasteiger partial charge in [0.2, 0.25) is 0 Å². The molecular weight excluding hydrogens is 196 g/mol. The molecule has 0 aromatic rings. The van der Waals surface area contributed by atoms with Crippen LogP contribution >= 0.6 is 0 Å². The number of halogens is 1. The fraction of sp³-hybridized carbons (Fsp3) is 0.429. The van der Waals surface area contributed by atoms with Gasteiger partial charge < -0.3 is 17.0 Å². The summed E-state index contributed by atoms with van der Waals surface area (Å²) in [4.78, 5) is 0. The van der Waals surface area contributed by atoms with Gasteiger partial charge in [0.25, 0.3) is 0 Å². The van der Waals surface area contributed by atoms with Crippen LogP contribution in [-0.4, -0.2) is 17.8 Å².